The van der Waals surface area contributed by atoms with Gasteiger partial charge in [0.05, 0.1) is 13.2 Å². The van der Waals surface area contributed by atoms with E-state index < -0.39 is 6.17 Å². The average molecular weight is 441 g/mol. The predicted octanol–water partition coefficient (Wildman–Crippen LogP) is 3.03. The smallest absolute Gasteiger partial charge is 0.353 e. The monoisotopic (exact) mass is 440 g/mol. The Hall–Kier alpha value is -1.32. The number of urea groups is 1. The van der Waals surface area contributed by atoms with Crippen LogP contribution < -0.4 is 5.32 Å². The molecule has 1 atom stereocenters. The number of nitrogens with one attached hydrogen (secondary N) is 1. The SMILES string of the molecule is CC(C)CCC(=O)C1N=C(SCCN2CCOCC2)ON1C(=O)NC1CCCCC1. The Bertz CT molecular complexity index is 604. The summed E-state index contributed by atoms with van der Waals surface area (Å²) in [5.74, 6) is 1.16. The van der Waals surface area contributed by atoms with E-state index in [2.05, 4.69) is 29.1 Å². The van der Waals surface area contributed by atoms with Crippen LogP contribution >= 0.6 is 11.8 Å². The Labute approximate surface area is 184 Å². The molecule has 8 nitrogen and oxygen atoms in total. The third-order valence-electron chi connectivity index (χ3n) is 5.75. The summed E-state index contributed by atoms with van der Waals surface area (Å²) < 4.78 is 5.38. The first-order valence-corrected chi connectivity index (χ1v) is 12.3. The number of Topliss-reactive ketones (excluding diaryl/α,β-unsaturated/α-hetero) is 1. The second-order valence-electron chi connectivity index (χ2n) is 8.67. The number of hydrogen-bond donors (Lipinski definition) is 1. The van der Waals surface area contributed by atoms with Crippen molar-refractivity contribution in [2.24, 2.45) is 10.9 Å². The molecule has 0 aromatic heterocycles. The highest BCUT2D eigenvalue weighted by Crippen LogP contribution is 2.24. The lowest BCUT2D eigenvalue weighted by Crippen LogP contribution is -2.49. The molecule has 0 aromatic carbocycles. The molecule has 0 radical (unpaired) electrons. The van der Waals surface area contributed by atoms with Crippen LogP contribution in [0.3, 0.4) is 0 Å². The third kappa shape index (κ3) is 7.13. The highest BCUT2D eigenvalue weighted by Gasteiger charge is 2.38. The maximum atomic E-state index is 12.9. The Balaban J connectivity index is 1.55. The molecule has 170 valence electrons. The Kier molecular flexibility index (Phi) is 9.27. The van der Waals surface area contributed by atoms with Crippen LogP contribution in [0.15, 0.2) is 4.99 Å². The molecule has 1 saturated heterocycles. The van der Waals surface area contributed by atoms with Crippen molar-refractivity contribution in [1.29, 1.82) is 0 Å². The molecule has 0 aromatic rings. The standard InChI is InChI=1S/C21H36N4O4S/c1-16(2)8-9-18(26)19-23-21(30-15-12-24-10-13-28-14-11-24)29-25(19)20(27)22-17-6-4-3-5-7-17/h16-17,19H,3-15H2,1-2H3,(H,22,27). The molecule has 1 unspecified atom stereocenters. The Morgan fingerprint density at radius 2 is 1.93 bits per heavy atom. The zero-order valence-corrected chi connectivity index (χ0v) is 19.1. The van der Waals surface area contributed by atoms with Crippen LogP contribution in [-0.2, 0) is 14.4 Å². The van der Waals surface area contributed by atoms with Crippen LogP contribution in [0.4, 0.5) is 4.79 Å². The molecule has 1 N–H and O–H groups in total. The second kappa shape index (κ2) is 11.9. The molecule has 2 heterocycles. The molecule has 30 heavy (non-hydrogen) atoms. The summed E-state index contributed by atoms with van der Waals surface area (Å²) >= 11 is 1.46. The normalized spacial score (nSPS) is 23.4. The van der Waals surface area contributed by atoms with Crippen LogP contribution in [0.1, 0.15) is 58.8 Å². The summed E-state index contributed by atoms with van der Waals surface area (Å²) in [5.41, 5.74) is 0. The lowest BCUT2D eigenvalue weighted by Gasteiger charge is -2.27. The lowest BCUT2D eigenvalue weighted by atomic mass is 9.96. The molecule has 1 saturated carbocycles. The van der Waals surface area contributed by atoms with Crippen LogP contribution in [-0.4, -0.2) is 77.8 Å². The van der Waals surface area contributed by atoms with Crippen LogP contribution in [0.5, 0.6) is 0 Å². The van der Waals surface area contributed by atoms with Crippen molar-refractivity contribution in [3.8, 4) is 0 Å². The lowest BCUT2D eigenvalue weighted by molar-refractivity contribution is -0.130. The Morgan fingerprint density at radius 1 is 1.20 bits per heavy atom. The van der Waals surface area contributed by atoms with Gasteiger partial charge < -0.3 is 14.9 Å². The second-order valence-corrected chi connectivity index (χ2v) is 9.72. The fraction of sp³-hybridized carbons (Fsp3) is 0.857. The van der Waals surface area contributed by atoms with Crippen molar-refractivity contribution in [3.05, 3.63) is 0 Å². The number of thioether (sulfide) groups is 1. The van der Waals surface area contributed by atoms with E-state index in [1.165, 1.54) is 18.2 Å². The van der Waals surface area contributed by atoms with Crippen molar-refractivity contribution in [3.63, 3.8) is 0 Å². The topological polar surface area (TPSA) is 83.5 Å². The van der Waals surface area contributed by atoms with E-state index in [1.807, 2.05) is 0 Å². The molecule has 1 aliphatic carbocycles. The van der Waals surface area contributed by atoms with Gasteiger partial charge in [0.25, 0.3) is 5.23 Å². The number of aliphatic imine (C=N–C) groups is 1. The number of amides is 2. The summed E-state index contributed by atoms with van der Waals surface area (Å²) in [6.45, 7) is 8.47. The minimum Gasteiger partial charge on any atom is -0.379 e. The molecular weight excluding hydrogens is 404 g/mol. The molecule has 9 heteroatoms. The van der Waals surface area contributed by atoms with Gasteiger partial charge in [0.15, 0.2) is 5.78 Å². The predicted molar refractivity (Wildman–Crippen MR) is 118 cm³/mol. The highest BCUT2D eigenvalue weighted by molar-refractivity contribution is 8.13. The van der Waals surface area contributed by atoms with E-state index >= 15 is 0 Å². The van der Waals surface area contributed by atoms with E-state index in [1.54, 1.807) is 0 Å². The van der Waals surface area contributed by atoms with Gasteiger partial charge in [-0.15, -0.1) is 5.06 Å². The first-order valence-electron chi connectivity index (χ1n) is 11.3. The van der Waals surface area contributed by atoms with Gasteiger partial charge in [-0.1, -0.05) is 44.9 Å². The summed E-state index contributed by atoms with van der Waals surface area (Å²) in [5, 5.41) is 4.61. The van der Waals surface area contributed by atoms with Crippen LogP contribution in [0.25, 0.3) is 0 Å². The van der Waals surface area contributed by atoms with Gasteiger partial charge in [-0.2, -0.15) is 0 Å². The van der Waals surface area contributed by atoms with Gasteiger partial charge in [-0.25, -0.2) is 9.79 Å². The fourth-order valence-corrected chi connectivity index (χ4v) is 4.69. The molecule has 0 spiro atoms. The minimum absolute atomic E-state index is 0.0636. The van der Waals surface area contributed by atoms with Gasteiger partial charge in [-0.3, -0.25) is 9.69 Å². The summed E-state index contributed by atoms with van der Waals surface area (Å²) in [4.78, 5) is 38.2. The van der Waals surface area contributed by atoms with E-state index in [0.717, 1.165) is 75.8 Å². The first kappa shape index (κ1) is 23.3. The van der Waals surface area contributed by atoms with Crippen molar-refractivity contribution in [1.82, 2.24) is 15.3 Å². The van der Waals surface area contributed by atoms with Crippen molar-refractivity contribution in [2.45, 2.75) is 71.0 Å². The molecule has 3 aliphatic rings. The van der Waals surface area contributed by atoms with Gasteiger partial charge in [0, 0.05) is 37.8 Å². The number of hydrogen-bond acceptors (Lipinski definition) is 7. The maximum Gasteiger partial charge on any atom is 0.353 e. The molecule has 0 bridgehead atoms. The number of morpholine rings is 1. The number of ether oxygens (including phenoxy) is 1. The first-order chi connectivity index (χ1) is 14.5. The van der Waals surface area contributed by atoms with Crippen molar-refractivity contribution in [2.75, 3.05) is 38.6 Å². The van der Waals surface area contributed by atoms with E-state index in [4.69, 9.17) is 9.57 Å². The zero-order valence-electron chi connectivity index (χ0n) is 18.3. The van der Waals surface area contributed by atoms with Gasteiger partial charge in [0.2, 0.25) is 6.17 Å². The zero-order chi connectivity index (χ0) is 21.3. The maximum absolute atomic E-state index is 12.9. The van der Waals surface area contributed by atoms with Crippen molar-refractivity contribution >= 4 is 28.8 Å². The van der Waals surface area contributed by atoms with E-state index in [9.17, 15) is 9.59 Å². The number of nitrogens with zero attached hydrogens (tertiary/aromatic N) is 3. The number of rotatable bonds is 8. The van der Waals surface area contributed by atoms with E-state index in [-0.39, 0.29) is 17.9 Å². The largest absolute Gasteiger partial charge is 0.379 e. The molecule has 3 rings (SSSR count). The number of carbonyl (C=O) groups excluding carboxylic acids is 2. The molecule has 2 amide bonds. The number of ketones is 1. The number of carbonyl (C=O) groups is 2. The Morgan fingerprint density at radius 3 is 2.63 bits per heavy atom. The van der Waals surface area contributed by atoms with Gasteiger partial charge >= 0.3 is 6.03 Å². The average Bonchev–Trinajstić information content (AvgIpc) is 3.18. The minimum atomic E-state index is -0.877. The summed E-state index contributed by atoms with van der Waals surface area (Å²) in [6.07, 6.45) is 5.73. The highest BCUT2D eigenvalue weighted by atomic mass is 32.2. The fourth-order valence-electron chi connectivity index (χ4n) is 3.86. The molecular formula is C21H36N4O4S. The quantitative estimate of drug-likeness (QED) is 0.625. The third-order valence-corrected chi connectivity index (χ3v) is 6.57. The van der Waals surface area contributed by atoms with Gasteiger partial charge in [-0.05, 0) is 25.2 Å². The molecule has 2 fully saturated rings. The van der Waals surface area contributed by atoms with Crippen molar-refractivity contribution < 1.29 is 19.2 Å². The molecule has 2 aliphatic heterocycles. The van der Waals surface area contributed by atoms with E-state index in [0.29, 0.717) is 17.6 Å². The van der Waals surface area contributed by atoms with Crippen LogP contribution in [0, 0.1) is 5.92 Å². The summed E-state index contributed by atoms with van der Waals surface area (Å²) in [7, 11) is 0. The van der Waals surface area contributed by atoms with Crippen LogP contribution in [0.2, 0.25) is 0 Å². The van der Waals surface area contributed by atoms with Gasteiger partial charge in [0.1, 0.15) is 0 Å². The number of hydroxylamine groups is 2. The summed E-state index contributed by atoms with van der Waals surface area (Å²) in [6, 6.07) is -0.198.